The molecule has 100 valence electrons. The topological polar surface area (TPSA) is 55.0 Å². The quantitative estimate of drug-likeness (QED) is 0.930. The highest BCUT2D eigenvalue weighted by Gasteiger charge is 2.26. The summed E-state index contributed by atoms with van der Waals surface area (Å²) >= 11 is 1.72. The lowest BCUT2D eigenvalue weighted by Crippen LogP contribution is -2.28. The number of hydrogen-bond acceptors (Lipinski definition) is 5. The van der Waals surface area contributed by atoms with Gasteiger partial charge in [0.2, 0.25) is 0 Å². The van der Waals surface area contributed by atoms with Crippen LogP contribution in [0.4, 0.5) is 0 Å². The molecule has 0 saturated carbocycles. The van der Waals surface area contributed by atoms with Crippen LogP contribution in [0.5, 0.6) is 0 Å². The van der Waals surface area contributed by atoms with Gasteiger partial charge in [0.05, 0.1) is 5.69 Å². The van der Waals surface area contributed by atoms with E-state index in [4.69, 9.17) is 5.73 Å². The number of nitrogens with two attached hydrogens (primary N) is 1. The zero-order valence-corrected chi connectivity index (χ0v) is 11.8. The molecule has 2 aromatic rings. The van der Waals surface area contributed by atoms with Crippen molar-refractivity contribution in [1.82, 2.24) is 14.9 Å². The van der Waals surface area contributed by atoms with Crippen LogP contribution in [0.2, 0.25) is 0 Å². The van der Waals surface area contributed by atoms with E-state index in [1.165, 1.54) is 4.88 Å². The molecule has 19 heavy (non-hydrogen) atoms. The molecule has 0 spiro atoms. The van der Waals surface area contributed by atoms with Gasteiger partial charge < -0.3 is 5.73 Å². The summed E-state index contributed by atoms with van der Waals surface area (Å²) in [5, 5.41) is 0.993. The first-order chi connectivity index (χ1) is 9.22. The van der Waals surface area contributed by atoms with Gasteiger partial charge in [-0.25, -0.2) is 4.98 Å². The van der Waals surface area contributed by atoms with Gasteiger partial charge >= 0.3 is 0 Å². The van der Waals surface area contributed by atoms with Crippen molar-refractivity contribution in [3.05, 3.63) is 35.5 Å². The Kier molecular flexibility index (Phi) is 3.59. The molecule has 0 bridgehead atoms. The first-order valence-electron chi connectivity index (χ1n) is 6.56. The molecule has 2 unspecified atom stereocenters. The van der Waals surface area contributed by atoms with Gasteiger partial charge in [0.15, 0.2) is 0 Å². The molecule has 1 aliphatic rings. The highest BCUT2D eigenvalue weighted by Crippen LogP contribution is 2.25. The second kappa shape index (κ2) is 5.36. The number of rotatable bonds is 3. The van der Waals surface area contributed by atoms with E-state index in [-0.39, 0.29) is 0 Å². The molecule has 0 aliphatic carbocycles. The molecule has 0 radical (unpaired) electrons. The van der Waals surface area contributed by atoms with Crippen LogP contribution in [0.3, 0.4) is 0 Å². The van der Waals surface area contributed by atoms with Crippen LogP contribution in [0, 0.1) is 5.92 Å². The second-order valence-electron chi connectivity index (χ2n) is 5.18. The van der Waals surface area contributed by atoms with Crippen molar-refractivity contribution >= 4 is 11.3 Å². The van der Waals surface area contributed by atoms with E-state index in [9.17, 15) is 0 Å². The zero-order valence-electron chi connectivity index (χ0n) is 11.0. The highest BCUT2D eigenvalue weighted by atomic mass is 32.1. The van der Waals surface area contributed by atoms with Crippen molar-refractivity contribution in [3.8, 4) is 10.7 Å². The molecular formula is C14H18N4S. The molecule has 2 aromatic heterocycles. The van der Waals surface area contributed by atoms with Gasteiger partial charge in [0, 0.05) is 42.9 Å². The molecule has 3 rings (SSSR count). The van der Waals surface area contributed by atoms with E-state index in [2.05, 4.69) is 21.8 Å². The largest absolute Gasteiger partial charge is 0.326 e. The van der Waals surface area contributed by atoms with Crippen LogP contribution >= 0.6 is 11.3 Å². The van der Waals surface area contributed by atoms with Crippen LogP contribution in [-0.4, -0.2) is 34.0 Å². The van der Waals surface area contributed by atoms with Crippen molar-refractivity contribution in [2.24, 2.45) is 11.7 Å². The number of aromatic nitrogens is 2. The molecular weight excluding hydrogens is 256 g/mol. The summed E-state index contributed by atoms with van der Waals surface area (Å²) in [4.78, 5) is 12.5. The van der Waals surface area contributed by atoms with Gasteiger partial charge in [-0.1, -0.05) is 13.0 Å². The molecule has 5 heteroatoms. The molecule has 1 saturated heterocycles. The van der Waals surface area contributed by atoms with E-state index in [0.717, 1.165) is 30.3 Å². The number of nitrogens with zero attached hydrogens (tertiary/aromatic N) is 3. The molecule has 0 amide bonds. The predicted molar refractivity (Wildman–Crippen MR) is 77.8 cm³/mol. The lowest BCUT2D eigenvalue weighted by atomic mass is 10.1. The normalized spacial score (nSPS) is 23.9. The third-order valence-corrected chi connectivity index (χ3v) is 4.57. The van der Waals surface area contributed by atoms with Crippen LogP contribution < -0.4 is 5.73 Å². The van der Waals surface area contributed by atoms with Crippen LogP contribution in [0.1, 0.15) is 11.8 Å². The Hall–Kier alpha value is -1.30. The summed E-state index contributed by atoms with van der Waals surface area (Å²) in [6.45, 7) is 5.23. The zero-order chi connectivity index (χ0) is 13.2. The molecule has 1 fully saturated rings. The first kappa shape index (κ1) is 12.7. The van der Waals surface area contributed by atoms with Crippen molar-refractivity contribution in [1.29, 1.82) is 0 Å². The summed E-state index contributed by atoms with van der Waals surface area (Å²) in [6, 6.07) is 6.22. The van der Waals surface area contributed by atoms with Crippen molar-refractivity contribution < 1.29 is 0 Å². The van der Waals surface area contributed by atoms with Crippen molar-refractivity contribution in [2.45, 2.75) is 19.5 Å². The van der Waals surface area contributed by atoms with Gasteiger partial charge in [-0.2, -0.15) is 0 Å². The molecule has 0 aromatic carbocycles. The van der Waals surface area contributed by atoms with Crippen molar-refractivity contribution in [3.63, 3.8) is 0 Å². The minimum absolute atomic E-state index is 0.309. The van der Waals surface area contributed by atoms with Gasteiger partial charge in [-0.3, -0.25) is 9.88 Å². The summed E-state index contributed by atoms with van der Waals surface area (Å²) in [6.07, 6.45) is 3.76. The molecule has 4 nitrogen and oxygen atoms in total. The average molecular weight is 274 g/mol. The minimum Gasteiger partial charge on any atom is -0.326 e. The third kappa shape index (κ3) is 2.83. The minimum atomic E-state index is 0.309. The van der Waals surface area contributed by atoms with Crippen molar-refractivity contribution in [2.75, 3.05) is 13.1 Å². The molecule has 2 atom stereocenters. The summed E-state index contributed by atoms with van der Waals surface area (Å²) in [5.74, 6) is 0.586. The summed E-state index contributed by atoms with van der Waals surface area (Å²) in [5.41, 5.74) is 7.00. The Bertz CT molecular complexity index is 529. The summed E-state index contributed by atoms with van der Waals surface area (Å²) < 4.78 is 0. The van der Waals surface area contributed by atoms with Gasteiger partial charge in [-0.15, -0.1) is 11.3 Å². The smallest absolute Gasteiger partial charge is 0.142 e. The van der Waals surface area contributed by atoms with Gasteiger partial charge in [-0.05, 0) is 18.1 Å². The van der Waals surface area contributed by atoms with Crippen LogP contribution in [0.25, 0.3) is 10.7 Å². The Balaban J connectivity index is 1.69. The lowest BCUT2D eigenvalue weighted by molar-refractivity contribution is 0.321. The van der Waals surface area contributed by atoms with E-state index in [0.29, 0.717) is 12.0 Å². The number of hydrogen-bond donors (Lipinski definition) is 1. The van der Waals surface area contributed by atoms with E-state index >= 15 is 0 Å². The Morgan fingerprint density at radius 1 is 1.37 bits per heavy atom. The molecule has 1 aliphatic heterocycles. The lowest BCUT2D eigenvalue weighted by Gasteiger charge is -2.12. The fourth-order valence-corrected chi connectivity index (χ4v) is 3.36. The number of likely N-dealkylation sites (tertiary alicyclic amines) is 1. The standard InChI is InChI=1S/C14H18N4S/c1-10-7-18(9-12(10)15)8-11-6-17-14(19-11)13-4-2-3-5-16-13/h2-6,10,12H,7-9,15H2,1H3. The van der Waals surface area contributed by atoms with Crippen LogP contribution in [-0.2, 0) is 6.54 Å². The average Bonchev–Trinajstić information content (AvgIpc) is 2.99. The predicted octanol–water partition coefficient (Wildman–Crippen LogP) is 1.98. The number of thiazole rings is 1. The Labute approximate surface area is 117 Å². The first-order valence-corrected chi connectivity index (χ1v) is 7.38. The maximum absolute atomic E-state index is 6.05. The van der Waals surface area contributed by atoms with E-state index < -0.39 is 0 Å². The maximum atomic E-state index is 6.05. The molecule has 3 heterocycles. The summed E-state index contributed by atoms with van der Waals surface area (Å²) in [7, 11) is 0. The van der Waals surface area contributed by atoms with Gasteiger partial charge in [0.25, 0.3) is 0 Å². The Morgan fingerprint density at radius 3 is 2.95 bits per heavy atom. The Morgan fingerprint density at radius 2 is 2.26 bits per heavy atom. The highest BCUT2D eigenvalue weighted by molar-refractivity contribution is 7.14. The third-order valence-electron chi connectivity index (χ3n) is 3.56. The molecule has 2 N–H and O–H groups in total. The monoisotopic (exact) mass is 274 g/mol. The van der Waals surface area contributed by atoms with Gasteiger partial charge in [0.1, 0.15) is 5.01 Å². The van der Waals surface area contributed by atoms with E-state index in [1.54, 1.807) is 17.5 Å². The van der Waals surface area contributed by atoms with Crippen LogP contribution in [0.15, 0.2) is 30.6 Å². The second-order valence-corrected chi connectivity index (χ2v) is 6.30. The fourth-order valence-electron chi connectivity index (χ4n) is 2.43. The van der Waals surface area contributed by atoms with E-state index in [1.807, 2.05) is 24.4 Å². The maximum Gasteiger partial charge on any atom is 0.142 e. The fraction of sp³-hybridized carbons (Fsp3) is 0.429. The SMILES string of the molecule is CC1CN(Cc2cnc(-c3ccccn3)s2)CC1N. The number of pyridine rings is 1.